The molecule has 2 N–H and O–H groups in total. The smallest absolute Gasteiger partial charge is 0.349 e. The molecule has 0 aliphatic carbocycles. The second-order valence-electron chi connectivity index (χ2n) is 3.11. The molecule has 0 saturated carbocycles. The summed E-state index contributed by atoms with van der Waals surface area (Å²) in [5.74, 6) is -2.18. The van der Waals surface area contributed by atoms with Crippen LogP contribution in [-0.2, 0) is 19.5 Å². The molecule has 1 aromatic rings. The first-order valence-corrected chi connectivity index (χ1v) is 6.86. The molecule has 0 fully saturated rings. The summed E-state index contributed by atoms with van der Waals surface area (Å²) in [5.41, 5.74) is 5.32. The summed E-state index contributed by atoms with van der Waals surface area (Å²) in [4.78, 5) is 18.6. The van der Waals surface area contributed by atoms with Crippen molar-refractivity contribution in [2.75, 3.05) is 11.6 Å². The third kappa shape index (κ3) is 4.30. The Morgan fingerprint density at radius 3 is 2.78 bits per heavy atom. The molecule has 0 unspecified atom stereocenters. The van der Waals surface area contributed by atoms with Gasteiger partial charge in [-0.25, -0.2) is 18.2 Å². The van der Waals surface area contributed by atoms with E-state index in [2.05, 4.69) is 15.0 Å². The third-order valence-electron chi connectivity index (χ3n) is 1.67. The molecular formula is C9H10ClN3O4S. The van der Waals surface area contributed by atoms with Gasteiger partial charge in [0.2, 0.25) is 9.84 Å². The van der Waals surface area contributed by atoms with Crippen molar-refractivity contribution >= 4 is 33.2 Å². The second-order valence-corrected chi connectivity index (χ2v) is 5.31. The Kier molecular flexibility index (Phi) is 5.05. The summed E-state index contributed by atoms with van der Waals surface area (Å²) in [7, 11) is -3.71. The predicted octanol–water partition coefficient (Wildman–Crippen LogP) is -0.0905. The summed E-state index contributed by atoms with van der Waals surface area (Å²) in [6.07, 6.45) is 1.34. The normalized spacial score (nSPS) is 12.2. The highest BCUT2D eigenvalue weighted by atomic mass is 35.5. The number of pyridine rings is 1. The van der Waals surface area contributed by atoms with Crippen molar-refractivity contribution in [1.82, 2.24) is 4.98 Å². The van der Waals surface area contributed by atoms with Crippen LogP contribution in [-0.4, -0.2) is 36.8 Å². The molecule has 1 rings (SSSR count). The molecule has 9 heteroatoms. The predicted molar refractivity (Wildman–Crippen MR) is 64.7 cm³/mol. The minimum absolute atomic E-state index is 0.133. The summed E-state index contributed by atoms with van der Waals surface area (Å²) in [6.45, 7) is 0. The number of halogens is 1. The van der Waals surface area contributed by atoms with Crippen LogP contribution in [0.15, 0.2) is 34.6 Å². The van der Waals surface area contributed by atoms with Crippen LogP contribution in [0.4, 0.5) is 0 Å². The van der Waals surface area contributed by atoms with E-state index in [1.165, 1.54) is 18.3 Å². The zero-order valence-electron chi connectivity index (χ0n) is 9.11. The lowest BCUT2D eigenvalue weighted by Gasteiger charge is -2.02. The second kappa shape index (κ2) is 6.31. The van der Waals surface area contributed by atoms with Crippen molar-refractivity contribution < 1.29 is 18.0 Å². The summed E-state index contributed by atoms with van der Waals surface area (Å²) in [5, 5.41) is 3.03. The van der Waals surface area contributed by atoms with Gasteiger partial charge in [-0.2, -0.15) is 0 Å². The van der Waals surface area contributed by atoms with Crippen LogP contribution < -0.4 is 5.73 Å². The van der Waals surface area contributed by atoms with Gasteiger partial charge in [0.05, 0.1) is 0 Å². The number of nitrogens with two attached hydrogens (primary N) is 1. The summed E-state index contributed by atoms with van der Waals surface area (Å²) < 4.78 is 23.5. The molecule has 0 aromatic carbocycles. The lowest BCUT2D eigenvalue weighted by Crippen LogP contribution is -2.25. The number of amidine groups is 1. The quantitative estimate of drug-likeness (QED) is 0.267. The average molecular weight is 292 g/mol. The standard InChI is InChI=1S/C9H10ClN3O4S/c10-5-9(14)17-13-7(11)6-18(15,16)8-3-1-2-4-12-8/h1-4H,5-6H2,(H2,11,13). The number of nitrogens with zero attached hydrogens (tertiary/aromatic N) is 2. The van der Waals surface area contributed by atoms with Gasteiger partial charge in [0, 0.05) is 6.20 Å². The Hall–Kier alpha value is -1.67. The van der Waals surface area contributed by atoms with Gasteiger partial charge in [-0.1, -0.05) is 11.2 Å². The fourth-order valence-electron chi connectivity index (χ4n) is 0.960. The van der Waals surface area contributed by atoms with Gasteiger partial charge in [-0.3, -0.25) is 0 Å². The Morgan fingerprint density at radius 1 is 1.50 bits per heavy atom. The van der Waals surface area contributed by atoms with Crippen molar-refractivity contribution in [2.45, 2.75) is 5.03 Å². The van der Waals surface area contributed by atoms with Crippen molar-refractivity contribution in [3.05, 3.63) is 24.4 Å². The Bertz CT molecular complexity index is 544. The molecule has 0 radical (unpaired) electrons. The van der Waals surface area contributed by atoms with E-state index in [1.807, 2.05) is 0 Å². The van der Waals surface area contributed by atoms with E-state index in [0.29, 0.717) is 0 Å². The van der Waals surface area contributed by atoms with Crippen LogP contribution in [0.1, 0.15) is 0 Å². The molecule has 0 aliphatic heterocycles. The van der Waals surface area contributed by atoms with Gasteiger partial charge in [0.1, 0.15) is 11.6 Å². The first kappa shape index (κ1) is 14.4. The first-order valence-electron chi connectivity index (χ1n) is 4.67. The van der Waals surface area contributed by atoms with E-state index in [1.54, 1.807) is 6.07 Å². The van der Waals surface area contributed by atoms with Crippen LogP contribution in [0.25, 0.3) is 0 Å². The first-order chi connectivity index (χ1) is 8.45. The van der Waals surface area contributed by atoms with Crippen molar-refractivity contribution in [3.8, 4) is 0 Å². The molecule has 0 aliphatic rings. The maximum Gasteiger partial charge on any atom is 0.349 e. The number of alkyl halides is 1. The van der Waals surface area contributed by atoms with Gasteiger partial charge in [0.25, 0.3) is 0 Å². The van der Waals surface area contributed by atoms with Crippen LogP contribution >= 0.6 is 11.6 Å². The van der Waals surface area contributed by atoms with Crippen LogP contribution in [0, 0.1) is 0 Å². The maximum absolute atomic E-state index is 11.8. The topological polar surface area (TPSA) is 112 Å². The number of rotatable bonds is 5. The monoisotopic (exact) mass is 291 g/mol. The number of hydrogen-bond acceptors (Lipinski definition) is 6. The highest BCUT2D eigenvalue weighted by molar-refractivity contribution is 7.92. The number of carbonyl (C=O) groups is 1. The largest absolute Gasteiger partial charge is 0.384 e. The van der Waals surface area contributed by atoms with E-state index in [0.717, 1.165) is 0 Å². The average Bonchev–Trinajstić information content (AvgIpc) is 2.36. The number of sulfone groups is 1. The number of aromatic nitrogens is 1. The molecule has 0 amide bonds. The van der Waals surface area contributed by atoms with E-state index in [9.17, 15) is 13.2 Å². The Labute approximate surface area is 109 Å². The van der Waals surface area contributed by atoms with Gasteiger partial charge in [-0.15, -0.1) is 11.6 Å². The molecular weight excluding hydrogens is 282 g/mol. The van der Waals surface area contributed by atoms with Gasteiger partial charge in [-0.05, 0) is 12.1 Å². The third-order valence-corrected chi connectivity index (χ3v) is 3.44. The zero-order valence-corrected chi connectivity index (χ0v) is 10.7. The molecule has 0 bridgehead atoms. The maximum atomic E-state index is 11.8. The van der Waals surface area contributed by atoms with Crippen molar-refractivity contribution in [3.63, 3.8) is 0 Å². The molecule has 98 valence electrons. The SMILES string of the molecule is N/C(CS(=O)(=O)c1ccccn1)=N\OC(=O)CCl. The van der Waals surface area contributed by atoms with Gasteiger partial charge < -0.3 is 10.6 Å². The lowest BCUT2D eigenvalue weighted by molar-refractivity contribution is -0.140. The number of hydrogen-bond donors (Lipinski definition) is 1. The fourth-order valence-corrected chi connectivity index (χ4v) is 2.11. The fraction of sp³-hybridized carbons (Fsp3) is 0.222. The Balaban J connectivity index is 2.75. The molecule has 1 aromatic heterocycles. The minimum Gasteiger partial charge on any atom is -0.384 e. The Morgan fingerprint density at radius 2 is 2.22 bits per heavy atom. The molecule has 0 atom stereocenters. The van der Waals surface area contributed by atoms with E-state index in [4.69, 9.17) is 17.3 Å². The minimum atomic E-state index is -3.71. The van der Waals surface area contributed by atoms with Gasteiger partial charge >= 0.3 is 5.97 Å². The summed E-state index contributed by atoms with van der Waals surface area (Å²) >= 11 is 5.15. The molecule has 7 nitrogen and oxygen atoms in total. The van der Waals surface area contributed by atoms with Crippen LogP contribution in [0.2, 0.25) is 0 Å². The van der Waals surface area contributed by atoms with Crippen molar-refractivity contribution in [1.29, 1.82) is 0 Å². The lowest BCUT2D eigenvalue weighted by atomic mass is 10.5. The molecule has 0 spiro atoms. The van der Waals surface area contributed by atoms with Crippen molar-refractivity contribution in [2.24, 2.45) is 10.9 Å². The number of oxime groups is 1. The van der Waals surface area contributed by atoms with Gasteiger partial charge in [0.15, 0.2) is 10.9 Å². The molecule has 18 heavy (non-hydrogen) atoms. The highest BCUT2D eigenvalue weighted by Gasteiger charge is 2.18. The van der Waals surface area contributed by atoms with Crippen LogP contribution in [0.3, 0.4) is 0 Å². The van der Waals surface area contributed by atoms with E-state index in [-0.39, 0.29) is 10.9 Å². The van der Waals surface area contributed by atoms with E-state index >= 15 is 0 Å². The molecule has 1 heterocycles. The van der Waals surface area contributed by atoms with Crippen LogP contribution in [0.5, 0.6) is 0 Å². The highest BCUT2D eigenvalue weighted by Crippen LogP contribution is 2.06. The molecule has 0 saturated heterocycles. The number of carbonyl (C=O) groups excluding carboxylic acids is 1. The summed E-state index contributed by atoms with van der Waals surface area (Å²) in [6, 6.07) is 4.44. The van der Waals surface area contributed by atoms with E-state index < -0.39 is 27.4 Å². The zero-order chi connectivity index (χ0) is 13.6.